The van der Waals surface area contributed by atoms with Crippen molar-refractivity contribution in [3.05, 3.63) is 22.8 Å². The maximum atomic E-state index is 10.6. The number of carbonyl (C=O) groups excluding carboxylic acids is 2. The minimum absolute atomic E-state index is 0.249. The number of benzene rings is 1. The molecule has 0 aliphatic rings. The summed E-state index contributed by atoms with van der Waals surface area (Å²) in [7, 11) is 0. The maximum absolute atomic E-state index is 10.6. The fourth-order valence-corrected chi connectivity index (χ4v) is 2.11. The van der Waals surface area contributed by atoms with E-state index < -0.39 is 0 Å². The molecule has 0 saturated heterocycles. The summed E-state index contributed by atoms with van der Waals surface area (Å²) in [5, 5.41) is 0. The first-order chi connectivity index (χ1) is 8.93. The first kappa shape index (κ1) is 15.0. The van der Waals surface area contributed by atoms with Gasteiger partial charge in [0.05, 0.1) is 11.4 Å². The van der Waals surface area contributed by atoms with Gasteiger partial charge in [0.15, 0.2) is 0 Å². The van der Waals surface area contributed by atoms with Gasteiger partial charge >= 0.3 is 0 Å². The summed E-state index contributed by atoms with van der Waals surface area (Å²) in [6, 6.07) is 1.93. The Hall–Kier alpha value is -2.02. The lowest BCUT2D eigenvalue weighted by Gasteiger charge is -2.20. The van der Waals surface area contributed by atoms with Gasteiger partial charge in [-0.05, 0) is 36.8 Å². The summed E-state index contributed by atoms with van der Waals surface area (Å²) in [5.41, 5.74) is 3.68. The number of aliphatic imine (C=N–C) groups is 2. The van der Waals surface area contributed by atoms with Crippen LogP contribution in [0, 0.1) is 19.8 Å². The predicted octanol–water partition coefficient (Wildman–Crippen LogP) is 4.00. The SMILES string of the molecule is Cc1cc(C(C)C(C)C)c(N=C=O)c(C)c1N=C=O. The van der Waals surface area contributed by atoms with E-state index in [0.29, 0.717) is 22.9 Å². The maximum Gasteiger partial charge on any atom is 0.240 e. The number of aryl methyl sites for hydroxylation is 1. The Kier molecular flexibility index (Phi) is 4.94. The van der Waals surface area contributed by atoms with Crippen molar-refractivity contribution in [2.45, 2.75) is 40.5 Å². The number of hydrogen-bond donors (Lipinski definition) is 0. The fourth-order valence-electron chi connectivity index (χ4n) is 2.11. The molecule has 0 aromatic heterocycles. The second-order valence-corrected chi connectivity index (χ2v) is 5.04. The van der Waals surface area contributed by atoms with Gasteiger partial charge in [-0.25, -0.2) is 9.59 Å². The second kappa shape index (κ2) is 6.24. The zero-order valence-corrected chi connectivity index (χ0v) is 11.9. The third-order valence-electron chi connectivity index (χ3n) is 3.53. The molecule has 0 bridgehead atoms. The second-order valence-electron chi connectivity index (χ2n) is 5.04. The number of isocyanates is 2. The molecule has 4 nitrogen and oxygen atoms in total. The van der Waals surface area contributed by atoms with Crippen molar-refractivity contribution in [1.82, 2.24) is 0 Å². The van der Waals surface area contributed by atoms with Crippen LogP contribution in [0.15, 0.2) is 16.1 Å². The molecule has 100 valence electrons. The highest BCUT2D eigenvalue weighted by Gasteiger charge is 2.19. The molecule has 1 aromatic carbocycles. The van der Waals surface area contributed by atoms with Crippen LogP contribution >= 0.6 is 0 Å². The Morgan fingerprint density at radius 2 is 1.53 bits per heavy atom. The van der Waals surface area contributed by atoms with E-state index in [2.05, 4.69) is 30.8 Å². The van der Waals surface area contributed by atoms with Crippen LogP contribution in [0.3, 0.4) is 0 Å². The molecular weight excluding hydrogens is 240 g/mol. The van der Waals surface area contributed by atoms with Crippen LogP contribution in [0.1, 0.15) is 43.4 Å². The molecule has 0 fully saturated rings. The van der Waals surface area contributed by atoms with Crippen LogP contribution in [-0.2, 0) is 9.59 Å². The van der Waals surface area contributed by atoms with Crippen LogP contribution in [0.25, 0.3) is 0 Å². The summed E-state index contributed by atoms with van der Waals surface area (Å²) < 4.78 is 0. The van der Waals surface area contributed by atoms with E-state index in [1.807, 2.05) is 13.0 Å². The zero-order valence-electron chi connectivity index (χ0n) is 11.9. The van der Waals surface area contributed by atoms with E-state index in [1.165, 1.54) is 0 Å². The summed E-state index contributed by atoms with van der Waals surface area (Å²) in [6.45, 7) is 10.00. The van der Waals surface area contributed by atoms with Crippen LogP contribution in [-0.4, -0.2) is 12.2 Å². The smallest absolute Gasteiger partial charge is 0.211 e. The standard InChI is InChI=1S/C15H18N2O2/c1-9(2)11(4)13-6-10(3)14(16-7-18)12(5)15(13)17-8-19/h6,9,11H,1-5H3. The lowest BCUT2D eigenvalue weighted by atomic mass is 9.86. The highest BCUT2D eigenvalue weighted by Crippen LogP contribution is 2.40. The lowest BCUT2D eigenvalue weighted by molar-refractivity contribution is 0.535. The fraction of sp³-hybridized carbons (Fsp3) is 0.467. The van der Waals surface area contributed by atoms with Crippen molar-refractivity contribution < 1.29 is 9.59 Å². The summed E-state index contributed by atoms with van der Waals surface area (Å²) in [4.78, 5) is 28.6. The van der Waals surface area contributed by atoms with Gasteiger partial charge in [0.2, 0.25) is 12.2 Å². The van der Waals surface area contributed by atoms with Gasteiger partial charge in [0, 0.05) is 5.56 Å². The van der Waals surface area contributed by atoms with Crippen LogP contribution in [0.5, 0.6) is 0 Å². The molecule has 0 aliphatic carbocycles. The molecule has 0 spiro atoms. The topological polar surface area (TPSA) is 58.9 Å². The van der Waals surface area contributed by atoms with Crippen molar-refractivity contribution >= 4 is 23.5 Å². The van der Waals surface area contributed by atoms with E-state index in [4.69, 9.17) is 0 Å². The van der Waals surface area contributed by atoms with Gasteiger partial charge in [0.25, 0.3) is 0 Å². The Morgan fingerprint density at radius 1 is 1.00 bits per heavy atom. The molecular formula is C15H18N2O2. The average molecular weight is 258 g/mol. The van der Waals surface area contributed by atoms with Gasteiger partial charge < -0.3 is 0 Å². The number of nitrogens with zero attached hydrogens (tertiary/aromatic N) is 2. The van der Waals surface area contributed by atoms with E-state index in [9.17, 15) is 9.59 Å². The van der Waals surface area contributed by atoms with E-state index in [1.54, 1.807) is 19.1 Å². The van der Waals surface area contributed by atoms with Gasteiger partial charge in [-0.15, -0.1) is 0 Å². The average Bonchev–Trinajstić information content (AvgIpc) is 2.36. The van der Waals surface area contributed by atoms with Crippen molar-refractivity contribution in [2.75, 3.05) is 0 Å². The molecule has 1 unspecified atom stereocenters. The van der Waals surface area contributed by atoms with Gasteiger partial charge in [-0.2, -0.15) is 9.98 Å². The Balaban J connectivity index is 3.65. The molecule has 0 N–H and O–H groups in total. The normalized spacial score (nSPS) is 11.7. The summed E-state index contributed by atoms with van der Waals surface area (Å²) in [6.07, 6.45) is 3.12. The highest BCUT2D eigenvalue weighted by molar-refractivity contribution is 5.72. The molecule has 0 aliphatic heterocycles. The predicted molar refractivity (Wildman–Crippen MR) is 74.7 cm³/mol. The molecule has 1 atom stereocenters. The Bertz CT molecular complexity index is 578. The minimum atomic E-state index is 0.249. The van der Waals surface area contributed by atoms with Crippen molar-refractivity contribution in [2.24, 2.45) is 15.9 Å². The minimum Gasteiger partial charge on any atom is -0.211 e. The number of rotatable bonds is 4. The third kappa shape index (κ3) is 3.05. The first-order valence-electron chi connectivity index (χ1n) is 6.23. The largest absolute Gasteiger partial charge is 0.240 e. The van der Waals surface area contributed by atoms with Gasteiger partial charge in [-0.3, -0.25) is 0 Å². The van der Waals surface area contributed by atoms with E-state index in [0.717, 1.165) is 11.1 Å². The monoisotopic (exact) mass is 258 g/mol. The van der Waals surface area contributed by atoms with Gasteiger partial charge in [0.1, 0.15) is 0 Å². The van der Waals surface area contributed by atoms with Crippen molar-refractivity contribution in [3.63, 3.8) is 0 Å². The lowest BCUT2D eigenvalue weighted by Crippen LogP contribution is -2.04. The quantitative estimate of drug-likeness (QED) is 0.605. The summed E-state index contributed by atoms with van der Waals surface area (Å²) in [5.74, 6) is 0.665. The third-order valence-corrected chi connectivity index (χ3v) is 3.53. The molecule has 0 saturated carbocycles. The van der Waals surface area contributed by atoms with Gasteiger partial charge in [-0.1, -0.05) is 26.8 Å². The molecule has 1 rings (SSSR count). The highest BCUT2D eigenvalue weighted by atomic mass is 16.1. The van der Waals surface area contributed by atoms with Crippen LogP contribution < -0.4 is 0 Å². The van der Waals surface area contributed by atoms with Crippen molar-refractivity contribution in [3.8, 4) is 0 Å². The van der Waals surface area contributed by atoms with Crippen LogP contribution in [0.4, 0.5) is 11.4 Å². The zero-order chi connectivity index (χ0) is 14.6. The van der Waals surface area contributed by atoms with Crippen LogP contribution in [0.2, 0.25) is 0 Å². The Labute approximate surface area is 113 Å². The molecule has 4 heteroatoms. The molecule has 0 radical (unpaired) electrons. The van der Waals surface area contributed by atoms with E-state index >= 15 is 0 Å². The van der Waals surface area contributed by atoms with Crippen molar-refractivity contribution in [1.29, 1.82) is 0 Å². The molecule has 1 aromatic rings. The molecule has 0 heterocycles. The molecule has 19 heavy (non-hydrogen) atoms. The first-order valence-corrected chi connectivity index (χ1v) is 6.23. The van der Waals surface area contributed by atoms with E-state index in [-0.39, 0.29) is 5.92 Å². The molecule has 0 amide bonds. The number of hydrogen-bond acceptors (Lipinski definition) is 4. The summed E-state index contributed by atoms with van der Waals surface area (Å²) >= 11 is 0. The Morgan fingerprint density at radius 3 is 2.00 bits per heavy atom.